The molecular formula is C43H44ClN7O8. The van der Waals surface area contributed by atoms with E-state index in [1.54, 1.807) is 79.8 Å². The highest BCUT2D eigenvalue weighted by atomic mass is 35.5. The van der Waals surface area contributed by atoms with Gasteiger partial charge in [0.2, 0.25) is 5.91 Å². The van der Waals surface area contributed by atoms with Crippen molar-refractivity contribution < 1.29 is 37.9 Å². The van der Waals surface area contributed by atoms with E-state index >= 15 is 0 Å². The Labute approximate surface area is 344 Å². The summed E-state index contributed by atoms with van der Waals surface area (Å²) in [6, 6.07) is 19.6. The fourth-order valence-corrected chi connectivity index (χ4v) is 7.33. The summed E-state index contributed by atoms with van der Waals surface area (Å²) in [5, 5.41) is 5.07. The van der Waals surface area contributed by atoms with Crippen LogP contribution in [0.3, 0.4) is 0 Å². The molecule has 0 saturated heterocycles. The number of ether oxygens (including phenoxy) is 2. The molecule has 6 aromatic rings. The number of benzene rings is 3. The first-order valence-corrected chi connectivity index (χ1v) is 19.6. The zero-order valence-corrected chi connectivity index (χ0v) is 34.0. The minimum Gasteiger partial charge on any atom is -0.451 e. The number of halogens is 1. The fraction of sp³-hybridized carbons (Fsp3) is 0.302. The minimum absolute atomic E-state index is 0.0157. The van der Waals surface area contributed by atoms with Crippen molar-refractivity contribution in [2.24, 2.45) is 5.73 Å². The lowest BCUT2D eigenvalue weighted by Gasteiger charge is -2.27. The van der Waals surface area contributed by atoms with Crippen LogP contribution >= 0.6 is 11.6 Å². The van der Waals surface area contributed by atoms with E-state index in [2.05, 4.69) is 10.3 Å². The number of aryl methyl sites for hydroxylation is 1. The number of hydrogen-bond donors (Lipinski definition) is 2. The Morgan fingerprint density at radius 2 is 1.76 bits per heavy atom. The van der Waals surface area contributed by atoms with Crippen molar-refractivity contribution in [1.29, 1.82) is 0 Å². The number of furan rings is 1. The third-order valence-corrected chi connectivity index (χ3v) is 10.3. The van der Waals surface area contributed by atoms with Crippen LogP contribution in [0.15, 0.2) is 83.5 Å². The molecule has 1 atom stereocenters. The zero-order chi connectivity index (χ0) is 42.2. The Balaban J connectivity index is 1.16. The quantitative estimate of drug-likeness (QED) is 0.127. The molecule has 1 aliphatic rings. The van der Waals surface area contributed by atoms with E-state index in [1.165, 1.54) is 9.80 Å². The second-order valence-electron chi connectivity index (χ2n) is 15.5. The largest absolute Gasteiger partial charge is 0.451 e. The van der Waals surface area contributed by atoms with Gasteiger partial charge in [-0.2, -0.15) is 0 Å². The number of para-hydroxylation sites is 1. The van der Waals surface area contributed by atoms with Crippen molar-refractivity contribution in [3.05, 3.63) is 102 Å². The van der Waals surface area contributed by atoms with Crippen molar-refractivity contribution in [2.75, 3.05) is 49.3 Å². The molecule has 3 N–H and O–H groups in total. The number of anilines is 2. The highest BCUT2D eigenvalue weighted by Crippen LogP contribution is 2.47. The van der Waals surface area contributed by atoms with Crippen molar-refractivity contribution in [3.63, 3.8) is 0 Å². The van der Waals surface area contributed by atoms with Crippen LogP contribution in [-0.2, 0) is 9.53 Å². The van der Waals surface area contributed by atoms with Gasteiger partial charge in [0.05, 0.1) is 11.4 Å². The number of likely N-dealkylation sites (N-methyl/N-ethyl adjacent to an activating group) is 1. The highest BCUT2D eigenvalue weighted by molar-refractivity contribution is 6.19. The Morgan fingerprint density at radius 3 is 2.49 bits per heavy atom. The number of pyridine rings is 1. The van der Waals surface area contributed by atoms with Gasteiger partial charge in [-0.3, -0.25) is 14.4 Å². The Kier molecular flexibility index (Phi) is 11.2. The summed E-state index contributed by atoms with van der Waals surface area (Å²) in [4.78, 5) is 74.6. The van der Waals surface area contributed by atoms with E-state index < -0.39 is 35.5 Å². The van der Waals surface area contributed by atoms with Crippen LogP contribution in [-0.4, -0.2) is 93.8 Å². The molecule has 0 saturated carbocycles. The SMILES string of the molecule is Cc1cccc2c(OC(=O)N(CCC(N)=O)CCN(C)C(=O)OC(C)(C)C)cc3c(c12)[C@H](CCl)CN3C(=O)c1cn2cc(NC(=O)c3cc4ccccc4o3)ccc2n1. The summed E-state index contributed by atoms with van der Waals surface area (Å²) in [5.41, 5.74) is 8.63. The van der Waals surface area contributed by atoms with E-state index in [1.807, 2.05) is 43.3 Å². The second kappa shape index (κ2) is 16.3. The Morgan fingerprint density at radius 1 is 0.983 bits per heavy atom. The van der Waals surface area contributed by atoms with Crippen LogP contribution in [0.1, 0.15) is 65.3 Å². The van der Waals surface area contributed by atoms with Gasteiger partial charge in [0.25, 0.3) is 11.8 Å². The van der Waals surface area contributed by atoms with E-state index in [-0.39, 0.29) is 61.6 Å². The molecule has 3 aromatic carbocycles. The van der Waals surface area contributed by atoms with Crippen LogP contribution in [0.2, 0.25) is 0 Å². The number of fused-ring (bicyclic) bond motifs is 5. The summed E-state index contributed by atoms with van der Waals surface area (Å²) < 4.78 is 18.9. The van der Waals surface area contributed by atoms with Crippen LogP contribution in [0, 0.1) is 6.92 Å². The Hall–Kier alpha value is -6.61. The predicted molar refractivity (Wildman–Crippen MR) is 223 cm³/mol. The van der Waals surface area contributed by atoms with Gasteiger partial charge in [-0.25, -0.2) is 14.6 Å². The first-order valence-electron chi connectivity index (χ1n) is 19.0. The predicted octanol–water partition coefficient (Wildman–Crippen LogP) is 7.32. The van der Waals surface area contributed by atoms with Gasteiger partial charge in [0.1, 0.15) is 28.3 Å². The van der Waals surface area contributed by atoms with Crippen LogP contribution in [0.5, 0.6) is 5.75 Å². The van der Waals surface area contributed by atoms with Gasteiger partial charge in [-0.15, -0.1) is 11.6 Å². The van der Waals surface area contributed by atoms with Crippen molar-refractivity contribution in [3.8, 4) is 5.75 Å². The van der Waals surface area contributed by atoms with Crippen molar-refractivity contribution >= 4 is 80.3 Å². The summed E-state index contributed by atoms with van der Waals surface area (Å²) in [6.07, 6.45) is 1.75. The molecule has 59 heavy (non-hydrogen) atoms. The average Bonchev–Trinajstić information content (AvgIpc) is 3.92. The molecule has 3 aromatic heterocycles. The minimum atomic E-state index is -0.778. The fourth-order valence-electron chi connectivity index (χ4n) is 7.08. The lowest BCUT2D eigenvalue weighted by Crippen LogP contribution is -2.43. The maximum Gasteiger partial charge on any atom is 0.415 e. The molecule has 0 fully saturated rings. The lowest BCUT2D eigenvalue weighted by atomic mass is 9.92. The highest BCUT2D eigenvalue weighted by Gasteiger charge is 2.37. The number of nitrogens with zero attached hydrogens (tertiary/aromatic N) is 5. The van der Waals surface area contributed by atoms with E-state index in [9.17, 15) is 24.0 Å². The van der Waals surface area contributed by atoms with E-state index in [4.69, 9.17) is 31.2 Å². The van der Waals surface area contributed by atoms with Crippen LogP contribution < -0.4 is 20.7 Å². The molecule has 0 unspecified atom stereocenters. The molecule has 5 amide bonds. The zero-order valence-electron chi connectivity index (χ0n) is 33.3. The van der Waals surface area contributed by atoms with Gasteiger partial charge >= 0.3 is 12.2 Å². The summed E-state index contributed by atoms with van der Waals surface area (Å²) in [6.45, 7) is 7.48. The number of carbonyl (C=O) groups is 5. The number of aromatic nitrogens is 2. The number of nitrogens with two attached hydrogens (primary N) is 1. The second-order valence-corrected chi connectivity index (χ2v) is 15.8. The van der Waals surface area contributed by atoms with E-state index in [0.29, 0.717) is 28.0 Å². The molecule has 16 heteroatoms. The molecule has 1 aliphatic heterocycles. The normalized spacial score (nSPS) is 13.7. The van der Waals surface area contributed by atoms with Gasteiger partial charge in [0, 0.05) is 80.7 Å². The molecule has 306 valence electrons. The molecule has 4 heterocycles. The molecular weight excluding hydrogens is 778 g/mol. The summed E-state index contributed by atoms with van der Waals surface area (Å²) >= 11 is 6.57. The standard InChI is InChI=1S/C43H44ClN7O8/c1-25-9-8-11-29-33(58-42(56)49(16-15-35(45)52)18-17-48(5)41(55)59-43(2,3)4)20-31-38(37(25)29)27(21-44)22-51(31)40(54)30-24-50-23-28(13-14-36(50)47-30)46-39(53)34-19-26-10-6-7-12-32(26)57-34/h6-14,19-20,23-24,27H,15-18,21-22H2,1-5H3,(H2,45,52)(H,46,53)/t27-/m1/s1. The monoisotopic (exact) mass is 821 g/mol. The third-order valence-electron chi connectivity index (χ3n) is 9.96. The first-order chi connectivity index (χ1) is 28.1. The van der Waals surface area contributed by atoms with Crippen LogP contribution in [0.4, 0.5) is 21.0 Å². The molecule has 0 radical (unpaired) electrons. The number of imidazole rings is 1. The van der Waals surface area contributed by atoms with Gasteiger partial charge in [-0.1, -0.05) is 36.4 Å². The Bertz CT molecular complexity index is 2600. The van der Waals surface area contributed by atoms with Gasteiger partial charge in [-0.05, 0) is 68.5 Å². The topological polar surface area (TPSA) is 182 Å². The number of rotatable bonds is 11. The molecule has 0 spiro atoms. The number of primary amides is 1. The van der Waals surface area contributed by atoms with Crippen molar-refractivity contribution in [2.45, 2.75) is 45.6 Å². The molecule has 15 nitrogen and oxygen atoms in total. The smallest absolute Gasteiger partial charge is 0.415 e. The maximum absolute atomic E-state index is 14.4. The molecule has 0 bridgehead atoms. The number of carbonyl (C=O) groups excluding carboxylic acids is 5. The average molecular weight is 822 g/mol. The van der Waals surface area contributed by atoms with Crippen LogP contribution in [0.25, 0.3) is 27.4 Å². The number of amides is 5. The maximum atomic E-state index is 14.4. The van der Waals surface area contributed by atoms with Crippen molar-refractivity contribution in [1.82, 2.24) is 19.2 Å². The number of hydrogen-bond acceptors (Lipinski definition) is 9. The van der Waals surface area contributed by atoms with E-state index in [0.717, 1.165) is 21.9 Å². The van der Waals surface area contributed by atoms with Gasteiger partial charge in [0.15, 0.2) is 5.76 Å². The first kappa shape index (κ1) is 40.6. The molecule has 0 aliphatic carbocycles. The molecule has 7 rings (SSSR count). The van der Waals surface area contributed by atoms with Gasteiger partial charge < -0.3 is 44.0 Å². The third kappa shape index (κ3) is 8.65. The summed E-state index contributed by atoms with van der Waals surface area (Å²) in [5.74, 6) is -1.15. The summed E-state index contributed by atoms with van der Waals surface area (Å²) in [7, 11) is 1.55. The number of alkyl halides is 1. The number of nitrogens with one attached hydrogen (secondary N) is 1. The lowest BCUT2D eigenvalue weighted by molar-refractivity contribution is -0.118.